The molecule has 1 aromatic carbocycles. The van der Waals surface area contributed by atoms with Crippen LogP contribution in [0.15, 0.2) is 30.3 Å². The summed E-state index contributed by atoms with van der Waals surface area (Å²) in [5, 5.41) is 3.35. The fourth-order valence-corrected chi connectivity index (χ4v) is 3.12. The van der Waals surface area contributed by atoms with Gasteiger partial charge in [0.15, 0.2) is 0 Å². The predicted octanol–water partition coefficient (Wildman–Crippen LogP) is 3.18. The van der Waals surface area contributed by atoms with Crippen LogP contribution in [0.25, 0.3) is 0 Å². The standard InChI is InChI=1S/C17H26N2O2/c1-3-19(16-12-8-7-11-15(16)18-2)17(20)21-13-14-9-5-4-6-10-14/h4-6,9-10,15-16,18H,3,7-8,11-13H2,1-2H3/t15-,16-/m1/s1. The molecule has 1 saturated carbocycles. The maximum atomic E-state index is 12.4. The van der Waals surface area contributed by atoms with Crippen molar-refractivity contribution in [3.05, 3.63) is 35.9 Å². The lowest BCUT2D eigenvalue weighted by Crippen LogP contribution is -2.53. The largest absolute Gasteiger partial charge is 0.445 e. The minimum Gasteiger partial charge on any atom is -0.445 e. The van der Waals surface area contributed by atoms with Crippen LogP contribution in [0.3, 0.4) is 0 Å². The number of likely N-dealkylation sites (N-methyl/N-ethyl adjacent to an activating group) is 2. The molecular weight excluding hydrogens is 264 g/mol. The molecule has 0 heterocycles. The van der Waals surface area contributed by atoms with E-state index in [9.17, 15) is 4.79 Å². The summed E-state index contributed by atoms with van der Waals surface area (Å²) in [7, 11) is 1.98. The number of nitrogens with one attached hydrogen (secondary N) is 1. The third-order valence-corrected chi connectivity index (χ3v) is 4.28. The highest BCUT2D eigenvalue weighted by atomic mass is 16.6. The summed E-state index contributed by atoms with van der Waals surface area (Å²) in [6, 6.07) is 10.4. The molecule has 0 unspecified atom stereocenters. The Labute approximate surface area is 127 Å². The molecule has 0 bridgehead atoms. The third kappa shape index (κ3) is 4.21. The van der Waals surface area contributed by atoms with Gasteiger partial charge >= 0.3 is 6.09 Å². The Hall–Kier alpha value is -1.55. The summed E-state index contributed by atoms with van der Waals surface area (Å²) in [6.45, 7) is 3.05. The van der Waals surface area contributed by atoms with Crippen LogP contribution < -0.4 is 5.32 Å². The van der Waals surface area contributed by atoms with Crippen molar-refractivity contribution in [3.63, 3.8) is 0 Å². The summed E-state index contributed by atoms with van der Waals surface area (Å²) in [4.78, 5) is 14.3. The molecule has 0 spiro atoms. The predicted molar refractivity (Wildman–Crippen MR) is 84.1 cm³/mol. The van der Waals surface area contributed by atoms with E-state index in [1.54, 1.807) is 0 Å². The molecule has 0 aromatic heterocycles. The second-order valence-electron chi connectivity index (χ2n) is 5.57. The van der Waals surface area contributed by atoms with Crippen molar-refractivity contribution in [3.8, 4) is 0 Å². The van der Waals surface area contributed by atoms with E-state index in [1.165, 1.54) is 12.8 Å². The van der Waals surface area contributed by atoms with Crippen LogP contribution in [0.4, 0.5) is 4.79 Å². The molecule has 1 aromatic rings. The van der Waals surface area contributed by atoms with Crippen molar-refractivity contribution >= 4 is 6.09 Å². The fourth-order valence-electron chi connectivity index (χ4n) is 3.12. The Morgan fingerprint density at radius 2 is 2.00 bits per heavy atom. The van der Waals surface area contributed by atoms with Gasteiger partial charge in [-0.1, -0.05) is 43.2 Å². The quantitative estimate of drug-likeness (QED) is 0.905. The summed E-state index contributed by atoms with van der Waals surface area (Å²) in [6.07, 6.45) is 4.40. The molecular formula is C17H26N2O2. The number of hydrogen-bond donors (Lipinski definition) is 1. The Morgan fingerprint density at radius 3 is 2.67 bits per heavy atom. The first-order chi connectivity index (χ1) is 10.3. The molecule has 1 aliphatic rings. The monoisotopic (exact) mass is 290 g/mol. The van der Waals surface area contributed by atoms with Crippen LogP contribution >= 0.6 is 0 Å². The molecule has 4 heteroatoms. The second kappa shape index (κ2) is 8.03. The fraction of sp³-hybridized carbons (Fsp3) is 0.588. The number of ether oxygens (including phenoxy) is 1. The van der Waals surface area contributed by atoms with Crippen LogP contribution in [-0.2, 0) is 11.3 Å². The zero-order chi connectivity index (χ0) is 15.1. The second-order valence-corrected chi connectivity index (χ2v) is 5.57. The van der Waals surface area contributed by atoms with Gasteiger partial charge in [0.1, 0.15) is 6.61 Å². The zero-order valence-corrected chi connectivity index (χ0v) is 13.0. The van der Waals surface area contributed by atoms with E-state index >= 15 is 0 Å². The normalized spacial score (nSPS) is 21.8. The average molecular weight is 290 g/mol. The molecule has 0 radical (unpaired) electrons. The molecule has 21 heavy (non-hydrogen) atoms. The molecule has 4 nitrogen and oxygen atoms in total. The molecule has 0 aliphatic heterocycles. The molecule has 1 aliphatic carbocycles. The van der Waals surface area contributed by atoms with Crippen molar-refractivity contribution in [2.45, 2.75) is 51.3 Å². The average Bonchev–Trinajstić information content (AvgIpc) is 2.55. The van der Waals surface area contributed by atoms with E-state index in [0.29, 0.717) is 19.2 Å². The molecule has 1 N–H and O–H groups in total. The van der Waals surface area contributed by atoms with Gasteiger partial charge in [-0.25, -0.2) is 4.79 Å². The van der Waals surface area contributed by atoms with Gasteiger partial charge in [-0.3, -0.25) is 0 Å². The van der Waals surface area contributed by atoms with Gasteiger partial charge in [0.2, 0.25) is 0 Å². The topological polar surface area (TPSA) is 41.6 Å². The highest BCUT2D eigenvalue weighted by Crippen LogP contribution is 2.23. The first-order valence-corrected chi connectivity index (χ1v) is 7.90. The number of nitrogens with zero attached hydrogens (tertiary/aromatic N) is 1. The summed E-state index contributed by atoms with van der Waals surface area (Å²) in [5.41, 5.74) is 1.02. The summed E-state index contributed by atoms with van der Waals surface area (Å²) >= 11 is 0. The van der Waals surface area contributed by atoms with Crippen molar-refractivity contribution in [1.82, 2.24) is 10.2 Å². The van der Waals surface area contributed by atoms with E-state index in [4.69, 9.17) is 4.74 Å². The van der Waals surface area contributed by atoms with E-state index in [-0.39, 0.29) is 12.1 Å². The van der Waals surface area contributed by atoms with Gasteiger partial charge in [0.25, 0.3) is 0 Å². The number of rotatable bonds is 5. The Kier molecular flexibility index (Phi) is 6.05. The van der Waals surface area contributed by atoms with E-state index < -0.39 is 0 Å². The summed E-state index contributed by atoms with van der Waals surface area (Å²) < 4.78 is 5.49. The third-order valence-electron chi connectivity index (χ3n) is 4.28. The Morgan fingerprint density at radius 1 is 1.29 bits per heavy atom. The van der Waals surface area contributed by atoms with Crippen LogP contribution in [-0.4, -0.2) is 36.7 Å². The first-order valence-electron chi connectivity index (χ1n) is 7.90. The van der Waals surface area contributed by atoms with Crippen molar-refractivity contribution in [2.75, 3.05) is 13.6 Å². The Balaban J connectivity index is 1.94. The van der Waals surface area contributed by atoms with Crippen LogP contribution in [0.2, 0.25) is 0 Å². The van der Waals surface area contributed by atoms with Crippen molar-refractivity contribution in [2.24, 2.45) is 0 Å². The maximum Gasteiger partial charge on any atom is 0.410 e. The lowest BCUT2D eigenvalue weighted by Gasteiger charge is -2.38. The maximum absolute atomic E-state index is 12.4. The van der Waals surface area contributed by atoms with Gasteiger partial charge in [-0.2, -0.15) is 0 Å². The minimum atomic E-state index is -0.200. The van der Waals surface area contributed by atoms with E-state index in [0.717, 1.165) is 18.4 Å². The Bertz CT molecular complexity index is 436. The number of amides is 1. The smallest absolute Gasteiger partial charge is 0.410 e. The van der Waals surface area contributed by atoms with E-state index in [1.807, 2.05) is 49.2 Å². The molecule has 116 valence electrons. The van der Waals surface area contributed by atoms with Crippen LogP contribution in [0, 0.1) is 0 Å². The zero-order valence-electron chi connectivity index (χ0n) is 13.0. The van der Waals surface area contributed by atoms with Gasteiger partial charge in [-0.15, -0.1) is 0 Å². The van der Waals surface area contributed by atoms with E-state index in [2.05, 4.69) is 5.32 Å². The summed E-state index contributed by atoms with van der Waals surface area (Å²) in [5.74, 6) is 0. The number of carbonyl (C=O) groups is 1. The highest BCUT2D eigenvalue weighted by molar-refractivity contribution is 5.68. The lowest BCUT2D eigenvalue weighted by atomic mass is 9.89. The molecule has 1 fully saturated rings. The molecule has 1 amide bonds. The highest BCUT2D eigenvalue weighted by Gasteiger charge is 2.31. The van der Waals surface area contributed by atoms with Gasteiger partial charge in [0, 0.05) is 12.6 Å². The van der Waals surface area contributed by atoms with Gasteiger partial charge in [-0.05, 0) is 32.4 Å². The van der Waals surface area contributed by atoms with Crippen LogP contribution in [0.1, 0.15) is 38.2 Å². The SMILES string of the molecule is CCN(C(=O)OCc1ccccc1)[C@@H]1CCCC[C@H]1NC. The molecule has 2 rings (SSSR count). The number of benzene rings is 1. The minimum absolute atomic E-state index is 0.200. The number of hydrogen-bond acceptors (Lipinski definition) is 3. The lowest BCUT2D eigenvalue weighted by molar-refractivity contribution is 0.0656. The van der Waals surface area contributed by atoms with Crippen molar-refractivity contribution < 1.29 is 9.53 Å². The molecule has 2 atom stereocenters. The van der Waals surface area contributed by atoms with Crippen molar-refractivity contribution in [1.29, 1.82) is 0 Å². The van der Waals surface area contributed by atoms with Gasteiger partial charge < -0.3 is 15.0 Å². The first kappa shape index (κ1) is 15.8. The van der Waals surface area contributed by atoms with Crippen LogP contribution in [0.5, 0.6) is 0 Å². The van der Waals surface area contributed by atoms with Gasteiger partial charge in [0.05, 0.1) is 6.04 Å². The number of carbonyl (C=O) groups excluding carboxylic acids is 1. The molecule has 0 saturated heterocycles.